The summed E-state index contributed by atoms with van der Waals surface area (Å²) in [4.78, 5) is 0. The topological polar surface area (TPSA) is 38.7 Å². The van der Waals surface area contributed by atoms with Gasteiger partial charge in [0.2, 0.25) is 0 Å². The fraction of sp³-hybridized carbons (Fsp3) is 0.500. The van der Waals surface area contributed by atoms with Crippen LogP contribution in [0.1, 0.15) is 25.5 Å². The molecule has 0 spiro atoms. The van der Waals surface area contributed by atoms with E-state index in [4.69, 9.17) is 9.47 Å². The molecule has 1 atom stereocenters. The fourth-order valence-electron chi connectivity index (χ4n) is 1.42. The lowest BCUT2D eigenvalue weighted by molar-refractivity contribution is -0.192. The SMILES string of the molecule is CCOC(OCC)C(O)c1ccccc1F. The molecule has 1 N–H and O–H groups in total. The Kier molecular flexibility index (Phi) is 5.38. The highest BCUT2D eigenvalue weighted by Crippen LogP contribution is 2.22. The van der Waals surface area contributed by atoms with Crippen molar-refractivity contribution >= 4 is 0 Å². The van der Waals surface area contributed by atoms with Gasteiger partial charge in [-0.05, 0) is 19.9 Å². The van der Waals surface area contributed by atoms with Gasteiger partial charge < -0.3 is 14.6 Å². The largest absolute Gasteiger partial charge is 0.383 e. The minimum atomic E-state index is -1.11. The quantitative estimate of drug-likeness (QED) is 0.759. The zero-order valence-electron chi connectivity index (χ0n) is 9.52. The van der Waals surface area contributed by atoms with E-state index in [2.05, 4.69) is 0 Å². The fourth-order valence-corrected chi connectivity index (χ4v) is 1.42. The first kappa shape index (κ1) is 13.1. The number of aliphatic hydroxyl groups is 1. The van der Waals surface area contributed by atoms with Crippen molar-refractivity contribution < 1.29 is 19.0 Å². The number of ether oxygens (including phenoxy) is 2. The van der Waals surface area contributed by atoms with Gasteiger partial charge in [-0.25, -0.2) is 4.39 Å². The van der Waals surface area contributed by atoms with Crippen LogP contribution in [0.5, 0.6) is 0 Å². The van der Waals surface area contributed by atoms with Crippen molar-refractivity contribution in [3.63, 3.8) is 0 Å². The summed E-state index contributed by atoms with van der Waals surface area (Å²) in [5, 5.41) is 9.93. The molecule has 0 saturated heterocycles. The van der Waals surface area contributed by atoms with Gasteiger partial charge in [0.1, 0.15) is 11.9 Å². The minimum Gasteiger partial charge on any atom is -0.383 e. The monoisotopic (exact) mass is 228 g/mol. The molecule has 0 aliphatic carbocycles. The van der Waals surface area contributed by atoms with Crippen molar-refractivity contribution in [1.29, 1.82) is 0 Å². The molecular weight excluding hydrogens is 211 g/mol. The maximum Gasteiger partial charge on any atom is 0.187 e. The summed E-state index contributed by atoms with van der Waals surface area (Å²) >= 11 is 0. The molecule has 3 nitrogen and oxygen atoms in total. The lowest BCUT2D eigenvalue weighted by Crippen LogP contribution is -2.26. The summed E-state index contributed by atoms with van der Waals surface area (Å²) in [6.07, 6.45) is -1.94. The second kappa shape index (κ2) is 6.58. The van der Waals surface area contributed by atoms with Gasteiger partial charge in [-0.3, -0.25) is 0 Å². The van der Waals surface area contributed by atoms with Crippen LogP contribution >= 0.6 is 0 Å². The second-order valence-electron chi connectivity index (χ2n) is 3.25. The standard InChI is InChI=1S/C12H17FO3/c1-3-15-12(16-4-2)11(14)9-7-5-6-8-10(9)13/h5-8,11-12,14H,3-4H2,1-2H3. The van der Waals surface area contributed by atoms with Gasteiger partial charge in [0, 0.05) is 18.8 Å². The highest BCUT2D eigenvalue weighted by Gasteiger charge is 2.23. The van der Waals surface area contributed by atoms with Crippen LogP contribution in [0, 0.1) is 5.82 Å². The van der Waals surface area contributed by atoms with Crippen LogP contribution in [-0.4, -0.2) is 24.6 Å². The minimum absolute atomic E-state index is 0.189. The number of rotatable bonds is 6. The number of halogens is 1. The van der Waals surface area contributed by atoms with Crippen LogP contribution < -0.4 is 0 Å². The second-order valence-corrected chi connectivity index (χ2v) is 3.25. The van der Waals surface area contributed by atoms with Crippen LogP contribution in [0.4, 0.5) is 4.39 Å². The zero-order chi connectivity index (χ0) is 12.0. The van der Waals surface area contributed by atoms with E-state index in [9.17, 15) is 9.50 Å². The number of hydrogen-bond donors (Lipinski definition) is 1. The highest BCUT2D eigenvalue weighted by atomic mass is 19.1. The maximum atomic E-state index is 13.4. The zero-order valence-corrected chi connectivity index (χ0v) is 9.52. The molecule has 1 rings (SSSR count). The van der Waals surface area contributed by atoms with Crippen molar-refractivity contribution in [2.75, 3.05) is 13.2 Å². The molecule has 0 bridgehead atoms. The van der Waals surface area contributed by atoms with Crippen LogP contribution in [0.2, 0.25) is 0 Å². The summed E-state index contributed by atoms with van der Waals surface area (Å²) in [5.74, 6) is -0.459. The predicted molar refractivity (Wildman–Crippen MR) is 58.4 cm³/mol. The van der Waals surface area contributed by atoms with Gasteiger partial charge >= 0.3 is 0 Å². The maximum absolute atomic E-state index is 13.4. The van der Waals surface area contributed by atoms with E-state index < -0.39 is 18.2 Å². The normalized spacial score (nSPS) is 13.1. The van der Waals surface area contributed by atoms with E-state index in [1.807, 2.05) is 0 Å². The smallest absolute Gasteiger partial charge is 0.187 e. The van der Waals surface area contributed by atoms with Gasteiger partial charge in [0.05, 0.1) is 0 Å². The molecule has 16 heavy (non-hydrogen) atoms. The predicted octanol–water partition coefficient (Wildman–Crippen LogP) is 2.26. The first-order chi connectivity index (χ1) is 7.70. The van der Waals surface area contributed by atoms with E-state index in [1.165, 1.54) is 12.1 Å². The van der Waals surface area contributed by atoms with Crippen LogP contribution in [0.25, 0.3) is 0 Å². The molecule has 1 aromatic rings. The Hall–Kier alpha value is -0.970. The van der Waals surface area contributed by atoms with Gasteiger partial charge in [-0.15, -0.1) is 0 Å². The van der Waals surface area contributed by atoms with E-state index in [1.54, 1.807) is 26.0 Å². The van der Waals surface area contributed by atoms with E-state index >= 15 is 0 Å². The molecule has 90 valence electrons. The van der Waals surface area contributed by atoms with Crippen LogP contribution in [0.15, 0.2) is 24.3 Å². The molecule has 4 heteroatoms. The van der Waals surface area contributed by atoms with Crippen LogP contribution in [0.3, 0.4) is 0 Å². The number of hydrogen-bond acceptors (Lipinski definition) is 3. The molecule has 0 aliphatic rings. The molecule has 0 radical (unpaired) electrons. The highest BCUT2D eigenvalue weighted by molar-refractivity contribution is 5.20. The molecule has 0 heterocycles. The molecule has 0 fully saturated rings. The summed E-state index contributed by atoms with van der Waals surface area (Å²) < 4.78 is 23.8. The first-order valence-electron chi connectivity index (χ1n) is 5.36. The number of benzene rings is 1. The van der Waals surface area contributed by atoms with Gasteiger partial charge in [-0.2, -0.15) is 0 Å². The van der Waals surface area contributed by atoms with Crippen molar-refractivity contribution in [2.45, 2.75) is 26.2 Å². The Morgan fingerprint density at radius 3 is 2.25 bits per heavy atom. The molecule has 0 amide bonds. The summed E-state index contributed by atoms with van der Waals surface area (Å²) in [6, 6.07) is 6.05. The molecule has 0 aromatic heterocycles. The van der Waals surface area contributed by atoms with Crippen molar-refractivity contribution in [2.24, 2.45) is 0 Å². The third-order valence-corrected chi connectivity index (χ3v) is 2.14. The van der Waals surface area contributed by atoms with Crippen molar-refractivity contribution in [3.05, 3.63) is 35.6 Å². The molecular formula is C12H17FO3. The van der Waals surface area contributed by atoms with E-state index in [-0.39, 0.29) is 5.56 Å². The van der Waals surface area contributed by atoms with E-state index in [0.717, 1.165) is 0 Å². The van der Waals surface area contributed by atoms with Crippen molar-refractivity contribution in [3.8, 4) is 0 Å². The Morgan fingerprint density at radius 1 is 1.19 bits per heavy atom. The summed E-state index contributed by atoms with van der Waals surface area (Å²) in [6.45, 7) is 4.38. The van der Waals surface area contributed by atoms with Crippen LogP contribution in [-0.2, 0) is 9.47 Å². The summed E-state index contributed by atoms with van der Waals surface area (Å²) in [5.41, 5.74) is 0.189. The Bertz CT molecular complexity index is 311. The summed E-state index contributed by atoms with van der Waals surface area (Å²) in [7, 11) is 0. The number of aliphatic hydroxyl groups excluding tert-OH is 1. The average Bonchev–Trinajstić information content (AvgIpc) is 2.28. The lowest BCUT2D eigenvalue weighted by atomic mass is 10.1. The molecule has 0 saturated carbocycles. The Balaban J connectivity index is 2.81. The third-order valence-electron chi connectivity index (χ3n) is 2.14. The Labute approximate surface area is 94.8 Å². The Morgan fingerprint density at radius 2 is 1.75 bits per heavy atom. The average molecular weight is 228 g/mol. The van der Waals surface area contributed by atoms with E-state index in [0.29, 0.717) is 13.2 Å². The molecule has 0 aliphatic heterocycles. The lowest BCUT2D eigenvalue weighted by Gasteiger charge is -2.23. The van der Waals surface area contributed by atoms with Crippen molar-refractivity contribution in [1.82, 2.24) is 0 Å². The molecule has 1 unspecified atom stereocenters. The molecule has 1 aromatic carbocycles. The van der Waals surface area contributed by atoms with Gasteiger partial charge in [-0.1, -0.05) is 18.2 Å². The first-order valence-corrected chi connectivity index (χ1v) is 5.36. The third kappa shape index (κ3) is 3.27. The van der Waals surface area contributed by atoms with Gasteiger partial charge in [0.25, 0.3) is 0 Å². The van der Waals surface area contributed by atoms with Gasteiger partial charge in [0.15, 0.2) is 6.29 Å².